The Morgan fingerprint density at radius 3 is 2.38 bits per heavy atom. The second-order valence-corrected chi connectivity index (χ2v) is 9.31. The van der Waals surface area contributed by atoms with Gasteiger partial charge in [0.1, 0.15) is 17.1 Å². The van der Waals surface area contributed by atoms with Crippen molar-refractivity contribution >= 4 is 11.9 Å². The zero-order chi connectivity index (χ0) is 27.4. The summed E-state index contributed by atoms with van der Waals surface area (Å²) in [6, 6.07) is 6.60. The number of carbonyl (C=O) groups excluding carboxylic acids is 1. The molecule has 1 amide bonds. The van der Waals surface area contributed by atoms with Crippen LogP contribution in [-0.2, 0) is 11.3 Å². The summed E-state index contributed by atoms with van der Waals surface area (Å²) in [6.07, 6.45) is -0.0584. The van der Waals surface area contributed by atoms with Gasteiger partial charge in [0.2, 0.25) is 0 Å². The lowest BCUT2D eigenvalue weighted by Crippen LogP contribution is -2.44. The number of aryl methyl sites for hydroxylation is 2. The first-order chi connectivity index (χ1) is 17.4. The van der Waals surface area contributed by atoms with Crippen LogP contribution in [-0.4, -0.2) is 63.3 Å². The number of rotatable bonds is 3. The van der Waals surface area contributed by atoms with Crippen LogP contribution in [0, 0.1) is 31.0 Å². The highest BCUT2D eigenvalue weighted by molar-refractivity contribution is 5.96. The molecule has 8 nitrogen and oxygen atoms in total. The first-order valence-corrected chi connectivity index (χ1v) is 11.8. The van der Waals surface area contributed by atoms with Crippen molar-refractivity contribution in [2.24, 2.45) is 0 Å². The second kappa shape index (κ2) is 11.3. The van der Waals surface area contributed by atoms with Gasteiger partial charge in [0.25, 0.3) is 5.91 Å². The fourth-order valence-electron chi connectivity index (χ4n) is 5.13. The third-order valence-corrected chi connectivity index (χ3v) is 6.99. The lowest BCUT2D eigenvalue weighted by molar-refractivity contribution is -0.192. The third-order valence-electron chi connectivity index (χ3n) is 6.99. The Morgan fingerprint density at radius 2 is 1.81 bits per heavy atom. The maximum Gasteiger partial charge on any atom is 0.490 e. The van der Waals surface area contributed by atoms with E-state index < -0.39 is 12.1 Å². The molecule has 2 aliphatic heterocycles. The van der Waals surface area contributed by atoms with Gasteiger partial charge in [-0.1, -0.05) is 11.2 Å². The Bertz CT molecular complexity index is 1170. The number of nitrogens with zero attached hydrogens (tertiary/aromatic N) is 4. The molecule has 2 aromatic rings. The lowest BCUT2D eigenvalue weighted by Gasteiger charge is -2.38. The summed E-state index contributed by atoms with van der Waals surface area (Å²) in [7, 11) is 0. The van der Waals surface area contributed by atoms with Gasteiger partial charge in [0.05, 0.1) is 17.3 Å². The van der Waals surface area contributed by atoms with Crippen molar-refractivity contribution in [1.29, 1.82) is 5.26 Å². The Morgan fingerprint density at radius 1 is 1.16 bits per heavy atom. The van der Waals surface area contributed by atoms with Crippen LogP contribution in [0.25, 0.3) is 0 Å². The number of alkyl halides is 3. The van der Waals surface area contributed by atoms with Crippen molar-refractivity contribution in [1.82, 2.24) is 15.0 Å². The van der Waals surface area contributed by atoms with Gasteiger partial charge in [-0.3, -0.25) is 9.69 Å². The fourth-order valence-corrected chi connectivity index (χ4v) is 5.13. The summed E-state index contributed by atoms with van der Waals surface area (Å²) in [4.78, 5) is 26.4. The minimum atomic E-state index is -5.08. The Kier molecular flexibility index (Phi) is 8.58. The molecule has 2 aliphatic rings. The Balaban J connectivity index is 0.000000479. The lowest BCUT2D eigenvalue weighted by atomic mass is 9.87. The predicted octanol–water partition coefficient (Wildman–Crippen LogP) is 4.60. The van der Waals surface area contributed by atoms with E-state index >= 15 is 0 Å². The summed E-state index contributed by atoms with van der Waals surface area (Å²) in [5, 5.41) is 20.5. The third kappa shape index (κ3) is 6.46. The van der Waals surface area contributed by atoms with Crippen molar-refractivity contribution in [3.8, 4) is 6.07 Å². The molecule has 2 saturated heterocycles. The molecule has 3 heterocycles. The SMILES string of the molecule is Cc1noc(C)c1C(=O)N1CCCC2(CCCN2Cc2ccc(F)cc2C#N)CC1.O=C(O)C(F)(F)F. The smallest absolute Gasteiger partial charge is 0.475 e. The molecule has 1 N–H and O–H groups in total. The maximum absolute atomic E-state index is 13.5. The van der Waals surface area contributed by atoms with Crippen molar-refractivity contribution in [3.05, 3.63) is 52.2 Å². The van der Waals surface area contributed by atoms with Crippen molar-refractivity contribution in [2.75, 3.05) is 19.6 Å². The molecule has 0 radical (unpaired) electrons. The molecule has 1 unspecified atom stereocenters. The molecule has 4 rings (SSSR count). The average Bonchev–Trinajstić information content (AvgIpc) is 3.29. The van der Waals surface area contributed by atoms with E-state index in [1.54, 1.807) is 19.9 Å². The molecule has 0 saturated carbocycles. The van der Waals surface area contributed by atoms with Crippen LogP contribution in [0.4, 0.5) is 17.6 Å². The molecule has 200 valence electrons. The van der Waals surface area contributed by atoms with Crippen molar-refractivity contribution in [3.63, 3.8) is 0 Å². The van der Waals surface area contributed by atoms with Gasteiger partial charge < -0.3 is 14.5 Å². The van der Waals surface area contributed by atoms with Crippen LogP contribution < -0.4 is 0 Å². The zero-order valence-electron chi connectivity index (χ0n) is 20.6. The number of carboxylic acid groups (broad SMARTS) is 1. The summed E-state index contributed by atoms with van der Waals surface area (Å²) in [6.45, 7) is 6.59. The number of benzene rings is 1. The van der Waals surface area contributed by atoms with Gasteiger partial charge in [-0.2, -0.15) is 18.4 Å². The summed E-state index contributed by atoms with van der Waals surface area (Å²) < 4.78 is 50.5. The molecule has 0 aliphatic carbocycles. The largest absolute Gasteiger partial charge is 0.490 e. The van der Waals surface area contributed by atoms with E-state index in [0.717, 1.165) is 50.8 Å². The molecule has 0 bridgehead atoms. The highest BCUT2D eigenvalue weighted by atomic mass is 19.4. The molecule has 1 aromatic heterocycles. The molecular formula is C25H28F4N4O4. The number of amides is 1. The first-order valence-electron chi connectivity index (χ1n) is 11.8. The number of carbonyl (C=O) groups is 2. The van der Waals surface area contributed by atoms with Gasteiger partial charge in [-0.25, -0.2) is 9.18 Å². The quantitative estimate of drug-likeness (QED) is 0.585. The summed E-state index contributed by atoms with van der Waals surface area (Å²) >= 11 is 0. The van der Waals surface area contributed by atoms with Gasteiger partial charge in [-0.05, 0) is 70.2 Å². The highest BCUT2D eigenvalue weighted by Crippen LogP contribution is 2.40. The van der Waals surface area contributed by atoms with Gasteiger partial charge in [0.15, 0.2) is 0 Å². The standard InChI is InChI=1S/C23H27FN4O2.C2HF3O2/c1-16-21(17(2)30-26-16)22(29)27-10-3-7-23(9-12-27)8-4-11-28(23)15-18-5-6-20(24)13-19(18)14-25;3-2(4,5)1(6)7/h5-6,13H,3-4,7-12,15H2,1-2H3;(H,6,7). The van der Waals surface area contributed by atoms with Crippen LogP contribution in [0.2, 0.25) is 0 Å². The summed E-state index contributed by atoms with van der Waals surface area (Å²) in [5.41, 5.74) is 2.52. The number of halogens is 4. The molecular weight excluding hydrogens is 496 g/mol. The van der Waals surface area contributed by atoms with Crippen LogP contribution in [0.5, 0.6) is 0 Å². The molecule has 1 spiro atoms. The maximum atomic E-state index is 13.5. The summed E-state index contributed by atoms with van der Waals surface area (Å²) in [5.74, 6) is -2.57. The van der Waals surface area contributed by atoms with E-state index in [2.05, 4.69) is 16.1 Å². The monoisotopic (exact) mass is 524 g/mol. The van der Waals surface area contributed by atoms with Crippen LogP contribution in [0.15, 0.2) is 22.7 Å². The molecule has 12 heteroatoms. The number of aliphatic carboxylic acids is 1. The van der Waals surface area contributed by atoms with Crippen LogP contribution >= 0.6 is 0 Å². The number of nitriles is 1. The second-order valence-electron chi connectivity index (χ2n) is 9.31. The Hall–Kier alpha value is -3.46. The average molecular weight is 525 g/mol. The van der Waals surface area contributed by atoms with Gasteiger partial charge in [0, 0.05) is 25.2 Å². The highest BCUT2D eigenvalue weighted by Gasteiger charge is 2.42. The van der Waals surface area contributed by atoms with E-state index in [0.29, 0.717) is 35.7 Å². The molecule has 1 atom stereocenters. The Labute approximate surface area is 211 Å². The minimum absolute atomic E-state index is 0.00171. The number of aromatic nitrogens is 1. The fraction of sp³-hybridized carbons (Fsp3) is 0.520. The normalized spacial score (nSPS) is 20.2. The van der Waals surface area contributed by atoms with E-state index in [1.807, 2.05) is 4.90 Å². The predicted molar refractivity (Wildman–Crippen MR) is 123 cm³/mol. The molecule has 37 heavy (non-hydrogen) atoms. The topological polar surface area (TPSA) is 111 Å². The van der Waals surface area contributed by atoms with E-state index in [-0.39, 0.29) is 17.3 Å². The molecule has 2 fully saturated rings. The number of hydrogen-bond donors (Lipinski definition) is 1. The minimum Gasteiger partial charge on any atom is -0.475 e. The zero-order valence-corrected chi connectivity index (χ0v) is 20.6. The molecule has 1 aromatic carbocycles. The van der Waals surface area contributed by atoms with Crippen LogP contribution in [0.3, 0.4) is 0 Å². The van der Waals surface area contributed by atoms with Crippen LogP contribution in [0.1, 0.15) is 65.0 Å². The number of carboxylic acids is 1. The van der Waals surface area contributed by atoms with E-state index in [9.17, 15) is 27.6 Å². The number of hydrogen-bond acceptors (Lipinski definition) is 6. The first kappa shape index (κ1) is 28.1. The van der Waals surface area contributed by atoms with Crippen molar-refractivity contribution < 1.29 is 36.8 Å². The number of likely N-dealkylation sites (tertiary alicyclic amines) is 2. The van der Waals surface area contributed by atoms with E-state index in [4.69, 9.17) is 14.4 Å². The van der Waals surface area contributed by atoms with Gasteiger partial charge in [-0.15, -0.1) is 0 Å². The van der Waals surface area contributed by atoms with Gasteiger partial charge >= 0.3 is 12.1 Å². The van der Waals surface area contributed by atoms with E-state index in [1.165, 1.54) is 12.1 Å². The van der Waals surface area contributed by atoms with Crippen molar-refractivity contribution in [2.45, 2.75) is 64.2 Å².